The van der Waals surface area contributed by atoms with Crippen LogP contribution < -0.4 is 14.8 Å². The molecule has 0 aliphatic carbocycles. The standard InChI is InChI=1S/C18H15NO3S/c1-12-5-7-13(8-6-12)10-16-18(21)19(2)17(23-16)11-14(20)15-4-3-9-22-15/h3-11H,1-2H3. The van der Waals surface area contributed by atoms with Crippen molar-refractivity contribution >= 4 is 29.3 Å². The van der Waals surface area contributed by atoms with Crippen LogP contribution in [0.2, 0.25) is 0 Å². The molecule has 0 radical (unpaired) electrons. The van der Waals surface area contributed by atoms with Crippen molar-refractivity contribution in [2.24, 2.45) is 7.05 Å². The fourth-order valence-electron chi connectivity index (χ4n) is 2.12. The third-order valence-electron chi connectivity index (χ3n) is 3.45. The molecule has 0 fully saturated rings. The molecule has 2 heterocycles. The number of aryl methyl sites for hydroxylation is 1. The Morgan fingerprint density at radius 2 is 1.96 bits per heavy atom. The lowest BCUT2D eigenvalue weighted by atomic mass is 10.1. The summed E-state index contributed by atoms with van der Waals surface area (Å²) in [7, 11) is 1.66. The van der Waals surface area contributed by atoms with E-state index in [4.69, 9.17) is 4.42 Å². The van der Waals surface area contributed by atoms with Crippen molar-refractivity contribution in [3.05, 3.63) is 79.1 Å². The summed E-state index contributed by atoms with van der Waals surface area (Å²) in [6.45, 7) is 2.02. The normalized spacial score (nSPS) is 12.8. The smallest absolute Gasteiger partial charge is 0.268 e. The van der Waals surface area contributed by atoms with Crippen molar-refractivity contribution in [1.29, 1.82) is 0 Å². The molecule has 5 heteroatoms. The van der Waals surface area contributed by atoms with E-state index in [1.165, 1.54) is 33.8 Å². The first-order valence-corrected chi connectivity index (χ1v) is 7.90. The molecule has 23 heavy (non-hydrogen) atoms. The number of Topliss-reactive ketones (excluding diaryl/α,β-unsaturated/α-hetero) is 1. The van der Waals surface area contributed by atoms with Gasteiger partial charge in [0.15, 0.2) is 5.76 Å². The number of thiazole rings is 1. The summed E-state index contributed by atoms with van der Waals surface area (Å²) in [4.78, 5) is 24.4. The Bertz CT molecular complexity index is 1010. The van der Waals surface area contributed by atoms with Gasteiger partial charge in [0.25, 0.3) is 5.56 Å². The molecule has 0 saturated heterocycles. The highest BCUT2D eigenvalue weighted by atomic mass is 32.1. The van der Waals surface area contributed by atoms with E-state index in [9.17, 15) is 9.59 Å². The molecule has 0 amide bonds. The van der Waals surface area contributed by atoms with Crippen LogP contribution in [0.4, 0.5) is 0 Å². The fraction of sp³-hybridized carbons (Fsp3) is 0.111. The van der Waals surface area contributed by atoms with Gasteiger partial charge in [0.1, 0.15) is 4.66 Å². The van der Waals surface area contributed by atoms with Crippen molar-refractivity contribution in [3.63, 3.8) is 0 Å². The van der Waals surface area contributed by atoms with E-state index < -0.39 is 0 Å². The number of furan rings is 1. The summed E-state index contributed by atoms with van der Waals surface area (Å²) in [5, 5.41) is 0. The van der Waals surface area contributed by atoms with Gasteiger partial charge in [0.05, 0.1) is 10.8 Å². The van der Waals surface area contributed by atoms with Crippen LogP contribution in [0.3, 0.4) is 0 Å². The zero-order chi connectivity index (χ0) is 16.4. The number of rotatable bonds is 3. The molecular formula is C18H15NO3S. The molecule has 0 unspecified atom stereocenters. The minimum atomic E-state index is -0.256. The molecule has 116 valence electrons. The Morgan fingerprint density at radius 3 is 2.61 bits per heavy atom. The third kappa shape index (κ3) is 3.24. The van der Waals surface area contributed by atoms with Gasteiger partial charge in [-0.15, -0.1) is 11.3 Å². The lowest BCUT2D eigenvalue weighted by molar-refractivity contribution is 0.103. The van der Waals surface area contributed by atoms with Crippen LogP contribution in [-0.2, 0) is 7.05 Å². The Balaban J connectivity index is 2.07. The fourth-order valence-corrected chi connectivity index (χ4v) is 3.15. The van der Waals surface area contributed by atoms with E-state index >= 15 is 0 Å². The van der Waals surface area contributed by atoms with Crippen molar-refractivity contribution in [2.45, 2.75) is 6.92 Å². The maximum Gasteiger partial charge on any atom is 0.268 e. The van der Waals surface area contributed by atoms with Crippen LogP contribution in [0.15, 0.2) is 51.9 Å². The molecule has 0 bridgehead atoms. The third-order valence-corrected chi connectivity index (χ3v) is 4.57. The van der Waals surface area contributed by atoms with E-state index in [0.29, 0.717) is 9.20 Å². The second-order valence-electron chi connectivity index (χ2n) is 5.21. The Hall–Kier alpha value is -2.66. The largest absolute Gasteiger partial charge is 0.461 e. The highest BCUT2D eigenvalue weighted by Crippen LogP contribution is 2.04. The topological polar surface area (TPSA) is 52.2 Å². The van der Waals surface area contributed by atoms with Gasteiger partial charge in [0, 0.05) is 13.1 Å². The molecule has 3 aromatic rings. The first kappa shape index (κ1) is 15.2. The maximum absolute atomic E-state index is 12.3. The van der Waals surface area contributed by atoms with E-state index in [2.05, 4.69) is 0 Å². The second kappa shape index (κ2) is 6.22. The molecule has 2 aromatic heterocycles. The van der Waals surface area contributed by atoms with Crippen molar-refractivity contribution in [2.75, 3.05) is 0 Å². The number of hydrogen-bond donors (Lipinski definition) is 0. The predicted molar refractivity (Wildman–Crippen MR) is 91.1 cm³/mol. The molecule has 3 rings (SSSR count). The summed E-state index contributed by atoms with van der Waals surface area (Å²) in [6, 6.07) is 11.2. The van der Waals surface area contributed by atoms with Gasteiger partial charge < -0.3 is 8.98 Å². The quantitative estimate of drug-likeness (QED) is 0.691. The van der Waals surface area contributed by atoms with Crippen LogP contribution in [0.5, 0.6) is 0 Å². The molecule has 0 N–H and O–H groups in total. The number of carbonyl (C=O) groups excluding carboxylic acids is 1. The van der Waals surface area contributed by atoms with Crippen molar-refractivity contribution < 1.29 is 9.21 Å². The van der Waals surface area contributed by atoms with E-state index in [-0.39, 0.29) is 17.1 Å². The van der Waals surface area contributed by atoms with Crippen LogP contribution in [0.1, 0.15) is 21.7 Å². The summed E-state index contributed by atoms with van der Waals surface area (Å²) in [5.74, 6) is 0.00338. The number of aromatic nitrogens is 1. The number of hydrogen-bond acceptors (Lipinski definition) is 4. The summed E-state index contributed by atoms with van der Waals surface area (Å²) in [5.41, 5.74) is 2.01. The number of carbonyl (C=O) groups is 1. The van der Waals surface area contributed by atoms with Crippen molar-refractivity contribution in [3.8, 4) is 0 Å². The van der Waals surface area contributed by atoms with Gasteiger partial charge in [0.2, 0.25) is 5.78 Å². The number of ketones is 1. The van der Waals surface area contributed by atoms with Crippen LogP contribution in [-0.4, -0.2) is 10.4 Å². The SMILES string of the molecule is Cc1ccc(C=c2sc(=CC(=O)c3ccco3)n(C)c2=O)cc1. The average Bonchev–Trinajstić information content (AvgIpc) is 3.15. The van der Waals surface area contributed by atoms with Gasteiger partial charge in [-0.05, 0) is 30.7 Å². The summed E-state index contributed by atoms with van der Waals surface area (Å²) < 4.78 is 7.74. The predicted octanol–water partition coefficient (Wildman–Crippen LogP) is 1.84. The Labute approximate surface area is 136 Å². The van der Waals surface area contributed by atoms with Gasteiger partial charge in [-0.2, -0.15) is 0 Å². The van der Waals surface area contributed by atoms with Crippen LogP contribution >= 0.6 is 11.3 Å². The average molecular weight is 325 g/mol. The first-order valence-electron chi connectivity index (χ1n) is 7.08. The molecule has 4 nitrogen and oxygen atoms in total. The molecule has 1 aromatic carbocycles. The van der Waals surface area contributed by atoms with E-state index in [1.54, 1.807) is 19.2 Å². The minimum absolute atomic E-state index is 0.117. The first-order chi connectivity index (χ1) is 11.0. The van der Waals surface area contributed by atoms with Crippen molar-refractivity contribution in [1.82, 2.24) is 4.57 Å². The lowest BCUT2D eigenvalue weighted by Gasteiger charge is -1.92. The number of benzene rings is 1. The Morgan fingerprint density at radius 1 is 1.22 bits per heavy atom. The van der Waals surface area contributed by atoms with Gasteiger partial charge in [-0.1, -0.05) is 29.8 Å². The summed E-state index contributed by atoms with van der Waals surface area (Å²) in [6.07, 6.45) is 4.71. The minimum Gasteiger partial charge on any atom is -0.461 e. The van der Waals surface area contributed by atoms with Gasteiger partial charge in [-0.25, -0.2) is 0 Å². The van der Waals surface area contributed by atoms with Crippen LogP contribution in [0.25, 0.3) is 12.2 Å². The zero-order valence-electron chi connectivity index (χ0n) is 12.8. The zero-order valence-corrected chi connectivity index (χ0v) is 13.6. The van der Waals surface area contributed by atoms with E-state index in [1.807, 2.05) is 37.3 Å². The van der Waals surface area contributed by atoms with E-state index in [0.717, 1.165) is 5.56 Å². The molecule has 0 atom stereocenters. The molecular weight excluding hydrogens is 310 g/mol. The van der Waals surface area contributed by atoms with Crippen LogP contribution in [0, 0.1) is 6.92 Å². The highest BCUT2D eigenvalue weighted by molar-refractivity contribution is 7.07. The highest BCUT2D eigenvalue weighted by Gasteiger charge is 2.07. The monoisotopic (exact) mass is 325 g/mol. The maximum atomic E-state index is 12.3. The Kier molecular flexibility index (Phi) is 4.12. The van der Waals surface area contributed by atoms with Gasteiger partial charge >= 0.3 is 0 Å². The number of nitrogens with zero attached hydrogens (tertiary/aromatic N) is 1. The molecule has 0 saturated carbocycles. The lowest BCUT2D eigenvalue weighted by Crippen LogP contribution is -2.29. The van der Waals surface area contributed by atoms with Gasteiger partial charge in [-0.3, -0.25) is 9.59 Å². The molecule has 0 spiro atoms. The molecule has 0 aliphatic rings. The molecule has 0 aliphatic heterocycles. The summed E-state index contributed by atoms with van der Waals surface area (Å²) >= 11 is 1.29. The second-order valence-corrected chi connectivity index (χ2v) is 6.27.